The average Bonchev–Trinajstić information content (AvgIpc) is 3.01. The second-order valence-electron chi connectivity index (χ2n) is 6.80. The summed E-state index contributed by atoms with van der Waals surface area (Å²) >= 11 is 0. The number of benzene rings is 2. The van der Waals surface area contributed by atoms with Crippen LogP contribution in [-0.4, -0.2) is 30.2 Å². The minimum absolute atomic E-state index is 0.172. The number of cyclic esters (lactones) is 1. The highest BCUT2D eigenvalue weighted by atomic mass is 19.2. The molecule has 0 spiro atoms. The molecule has 170 valence electrons. The van der Waals surface area contributed by atoms with Gasteiger partial charge in [-0.2, -0.15) is 8.78 Å². The molecule has 2 aromatic carbocycles. The van der Waals surface area contributed by atoms with E-state index < -0.39 is 69.8 Å². The molecule has 1 heterocycles. The Hall–Kier alpha value is -3.77. The van der Waals surface area contributed by atoms with E-state index in [-0.39, 0.29) is 12.3 Å². The molecule has 0 aliphatic carbocycles. The van der Waals surface area contributed by atoms with Gasteiger partial charge in [-0.1, -0.05) is 0 Å². The Morgan fingerprint density at radius 2 is 1.59 bits per heavy atom. The van der Waals surface area contributed by atoms with E-state index in [1.165, 1.54) is 13.8 Å². The molecule has 0 bridgehead atoms. The van der Waals surface area contributed by atoms with Crippen LogP contribution in [0.3, 0.4) is 0 Å². The molecular formula is C19H12F6N2O5. The van der Waals surface area contributed by atoms with E-state index in [0.29, 0.717) is 6.07 Å². The first kappa shape index (κ1) is 22.9. The van der Waals surface area contributed by atoms with E-state index in [4.69, 9.17) is 4.74 Å². The van der Waals surface area contributed by atoms with E-state index in [9.17, 15) is 40.7 Å². The predicted molar refractivity (Wildman–Crippen MR) is 93.6 cm³/mol. The summed E-state index contributed by atoms with van der Waals surface area (Å²) in [6, 6.07) is 2.42. The van der Waals surface area contributed by atoms with Gasteiger partial charge in [0.15, 0.2) is 5.66 Å². The van der Waals surface area contributed by atoms with Crippen LogP contribution in [0.25, 0.3) is 0 Å². The zero-order chi connectivity index (χ0) is 24.0. The van der Waals surface area contributed by atoms with E-state index in [1.807, 2.05) is 0 Å². The lowest BCUT2D eigenvalue weighted by molar-refractivity contribution is -0.120. The lowest BCUT2D eigenvalue weighted by Gasteiger charge is -2.32. The van der Waals surface area contributed by atoms with Gasteiger partial charge < -0.3 is 14.8 Å². The number of nitrogens with zero attached hydrogens (tertiary/aromatic N) is 1. The number of halogens is 6. The standard InChI is InChI=1S/C19H12F6N2O5/c1-7(28)26-19(2)6-31-18(30)27(19)8-3-4-9(10(20)5-8)17(29)32-16-14(24)12(22)11(21)13(23)15(16)25/h3-5H,6H2,1-2H3,(H,26,28). The number of hydrogen-bond acceptors (Lipinski definition) is 5. The van der Waals surface area contributed by atoms with Gasteiger partial charge >= 0.3 is 12.1 Å². The Bertz CT molecular complexity index is 1130. The molecule has 32 heavy (non-hydrogen) atoms. The van der Waals surface area contributed by atoms with Crippen LogP contribution in [0.2, 0.25) is 0 Å². The largest absolute Gasteiger partial charge is 0.445 e. The van der Waals surface area contributed by atoms with Crippen molar-refractivity contribution in [3.63, 3.8) is 0 Å². The van der Waals surface area contributed by atoms with Crippen LogP contribution < -0.4 is 15.0 Å². The summed E-state index contributed by atoms with van der Waals surface area (Å²) in [6.45, 7) is 2.30. The molecule has 0 radical (unpaired) electrons. The smallest absolute Gasteiger partial charge is 0.416 e. The molecule has 2 amide bonds. The fourth-order valence-electron chi connectivity index (χ4n) is 3.03. The molecule has 1 aliphatic heterocycles. The molecule has 1 N–H and O–H groups in total. The molecule has 3 rings (SSSR count). The Morgan fingerprint density at radius 1 is 1.03 bits per heavy atom. The Morgan fingerprint density at radius 3 is 2.12 bits per heavy atom. The second kappa shape index (κ2) is 8.05. The Labute approximate surface area is 175 Å². The molecular weight excluding hydrogens is 450 g/mol. The normalized spacial score (nSPS) is 17.9. The number of rotatable bonds is 4. The summed E-state index contributed by atoms with van der Waals surface area (Å²) in [5.41, 5.74) is -2.51. The van der Waals surface area contributed by atoms with Gasteiger partial charge in [0.25, 0.3) is 0 Å². The first-order valence-corrected chi connectivity index (χ1v) is 8.66. The van der Waals surface area contributed by atoms with Gasteiger partial charge in [-0.05, 0) is 25.1 Å². The van der Waals surface area contributed by atoms with Crippen LogP contribution in [0, 0.1) is 34.9 Å². The second-order valence-corrected chi connectivity index (χ2v) is 6.80. The van der Waals surface area contributed by atoms with Crippen LogP contribution in [-0.2, 0) is 9.53 Å². The molecule has 0 saturated carbocycles. The molecule has 1 aliphatic rings. The fourth-order valence-corrected chi connectivity index (χ4v) is 3.03. The summed E-state index contributed by atoms with van der Waals surface area (Å²) < 4.78 is 90.6. The van der Waals surface area contributed by atoms with Crippen molar-refractivity contribution in [2.45, 2.75) is 19.5 Å². The van der Waals surface area contributed by atoms with Gasteiger partial charge in [0.2, 0.25) is 40.7 Å². The first-order chi connectivity index (χ1) is 14.9. The molecule has 1 unspecified atom stereocenters. The highest BCUT2D eigenvalue weighted by molar-refractivity contribution is 5.95. The van der Waals surface area contributed by atoms with Gasteiger partial charge in [0, 0.05) is 6.92 Å². The predicted octanol–water partition coefficient (Wildman–Crippen LogP) is 3.55. The number of hydrogen-bond donors (Lipinski definition) is 1. The molecule has 1 atom stereocenters. The van der Waals surface area contributed by atoms with Crippen LogP contribution in [0.4, 0.5) is 36.8 Å². The SMILES string of the molecule is CC(=O)NC1(C)COC(=O)N1c1ccc(C(=O)Oc2c(F)c(F)c(F)c(F)c2F)c(F)c1. The average molecular weight is 462 g/mol. The monoisotopic (exact) mass is 462 g/mol. The van der Waals surface area contributed by atoms with Gasteiger partial charge in [0.05, 0.1) is 11.3 Å². The van der Waals surface area contributed by atoms with Crippen molar-refractivity contribution in [3.05, 3.63) is 58.7 Å². The van der Waals surface area contributed by atoms with Crippen molar-refractivity contribution in [1.82, 2.24) is 5.32 Å². The van der Waals surface area contributed by atoms with E-state index in [0.717, 1.165) is 17.0 Å². The zero-order valence-corrected chi connectivity index (χ0v) is 16.2. The van der Waals surface area contributed by atoms with Gasteiger partial charge in [0.1, 0.15) is 12.4 Å². The highest BCUT2D eigenvalue weighted by Crippen LogP contribution is 2.32. The molecule has 13 heteroatoms. The van der Waals surface area contributed by atoms with Crippen molar-refractivity contribution >= 4 is 23.7 Å². The van der Waals surface area contributed by atoms with Crippen molar-refractivity contribution in [1.29, 1.82) is 0 Å². The third-order valence-electron chi connectivity index (χ3n) is 4.39. The van der Waals surface area contributed by atoms with Gasteiger partial charge in [-0.25, -0.2) is 27.2 Å². The minimum atomic E-state index is -2.46. The van der Waals surface area contributed by atoms with E-state index >= 15 is 0 Å². The summed E-state index contributed by atoms with van der Waals surface area (Å²) in [5, 5.41) is 2.46. The first-order valence-electron chi connectivity index (χ1n) is 8.66. The van der Waals surface area contributed by atoms with Crippen LogP contribution >= 0.6 is 0 Å². The third-order valence-corrected chi connectivity index (χ3v) is 4.39. The number of nitrogens with one attached hydrogen (secondary N) is 1. The number of ether oxygens (including phenoxy) is 2. The fraction of sp³-hybridized carbons (Fsp3) is 0.211. The maximum absolute atomic E-state index is 14.6. The van der Waals surface area contributed by atoms with Crippen LogP contribution in [0.15, 0.2) is 18.2 Å². The van der Waals surface area contributed by atoms with Crippen LogP contribution in [0.5, 0.6) is 5.75 Å². The maximum Gasteiger partial charge on any atom is 0.416 e. The number of carbonyl (C=O) groups excluding carboxylic acids is 3. The number of carbonyl (C=O) groups is 3. The minimum Gasteiger partial charge on any atom is -0.445 e. The Kier molecular flexibility index (Phi) is 5.76. The number of amides is 2. The van der Waals surface area contributed by atoms with Crippen molar-refractivity contribution in [3.8, 4) is 5.75 Å². The quantitative estimate of drug-likeness (QED) is 0.247. The van der Waals surface area contributed by atoms with E-state index in [1.54, 1.807) is 0 Å². The molecule has 7 nitrogen and oxygen atoms in total. The molecule has 1 saturated heterocycles. The summed E-state index contributed by atoms with van der Waals surface area (Å²) in [7, 11) is 0. The third kappa shape index (κ3) is 3.81. The lowest BCUT2D eigenvalue weighted by atomic mass is 10.1. The summed E-state index contributed by atoms with van der Waals surface area (Å²) in [6.07, 6.45) is -0.947. The van der Waals surface area contributed by atoms with Crippen LogP contribution in [0.1, 0.15) is 24.2 Å². The molecule has 1 fully saturated rings. The van der Waals surface area contributed by atoms with Gasteiger partial charge in [-0.3, -0.25) is 9.69 Å². The topological polar surface area (TPSA) is 84.9 Å². The lowest BCUT2D eigenvalue weighted by Crippen LogP contribution is -2.57. The number of esters is 1. The maximum atomic E-state index is 14.6. The summed E-state index contributed by atoms with van der Waals surface area (Å²) in [4.78, 5) is 36.5. The van der Waals surface area contributed by atoms with Gasteiger partial charge in [-0.15, -0.1) is 0 Å². The highest BCUT2D eigenvalue weighted by Gasteiger charge is 2.45. The zero-order valence-electron chi connectivity index (χ0n) is 16.2. The molecule has 2 aromatic rings. The van der Waals surface area contributed by atoms with Crippen molar-refractivity contribution in [2.24, 2.45) is 0 Å². The number of anilines is 1. The van der Waals surface area contributed by atoms with E-state index in [2.05, 4.69) is 10.1 Å². The summed E-state index contributed by atoms with van der Waals surface area (Å²) in [5.74, 6) is -17.6. The van der Waals surface area contributed by atoms with Crippen molar-refractivity contribution in [2.75, 3.05) is 11.5 Å². The molecule has 0 aromatic heterocycles. The van der Waals surface area contributed by atoms with Crippen molar-refractivity contribution < 1.29 is 50.2 Å². The Balaban J connectivity index is 1.93.